The van der Waals surface area contributed by atoms with E-state index in [1.807, 2.05) is 24.3 Å². The number of imide groups is 1. The number of halogens is 1. The second-order valence-electron chi connectivity index (χ2n) is 10.6. The van der Waals surface area contributed by atoms with E-state index in [-0.39, 0.29) is 41.9 Å². The van der Waals surface area contributed by atoms with Crippen molar-refractivity contribution in [1.29, 1.82) is 0 Å². The average molecular weight is 541 g/mol. The quantitative estimate of drug-likeness (QED) is 0.240. The minimum absolute atomic E-state index is 0.0967. The molecule has 8 heteroatoms. The molecule has 204 valence electrons. The van der Waals surface area contributed by atoms with Crippen LogP contribution in [0.5, 0.6) is 0 Å². The van der Waals surface area contributed by atoms with Gasteiger partial charge in [-0.05, 0) is 59.4 Å². The summed E-state index contributed by atoms with van der Waals surface area (Å²) in [6, 6.07) is 21.6. The molecule has 3 aliphatic carbocycles. The Balaban J connectivity index is 1.000. The van der Waals surface area contributed by atoms with E-state index < -0.39 is 24.3 Å². The van der Waals surface area contributed by atoms with Crippen molar-refractivity contribution in [3.05, 3.63) is 101 Å². The van der Waals surface area contributed by atoms with E-state index in [0.29, 0.717) is 31.5 Å². The fraction of sp³-hybridized carbons (Fsp3) is 0.312. The highest BCUT2D eigenvalue weighted by Crippen LogP contribution is 2.60. The molecule has 1 fully saturated rings. The van der Waals surface area contributed by atoms with E-state index in [2.05, 4.69) is 29.6 Å². The number of amides is 3. The van der Waals surface area contributed by atoms with Gasteiger partial charge in [-0.3, -0.25) is 24.1 Å². The van der Waals surface area contributed by atoms with Crippen molar-refractivity contribution in [2.75, 3.05) is 18.5 Å². The summed E-state index contributed by atoms with van der Waals surface area (Å²) in [7, 11) is 0. The number of hydrogen-bond acceptors (Lipinski definition) is 5. The van der Waals surface area contributed by atoms with E-state index in [9.17, 15) is 23.6 Å². The topological polar surface area (TPSA) is 92.8 Å². The van der Waals surface area contributed by atoms with Crippen LogP contribution in [0.15, 0.2) is 72.8 Å². The predicted octanol–water partition coefficient (Wildman–Crippen LogP) is 4.76. The summed E-state index contributed by atoms with van der Waals surface area (Å²) in [6.45, 7) is -0.102. The third-order valence-corrected chi connectivity index (χ3v) is 8.29. The van der Waals surface area contributed by atoms with Crippen LogP contribution in [0.1, 0.15) is 59.8 Å². The zero-order valence-electron chi connectivity index (χ0n) is 21.8. The molecule has 0 aromatic heterocycles. The molecule has 2 bridgehead atoms. The van der Waals surface area contributed by atoms with E-state index in [1.165, 1.54) is 29.2 Å². The maximum Gasteiger partial charge on any atom is 0.306 e. The number of carbonyl (C=O) groups is 4. The molecule has 1 N–H and O–H groups in total. The maximum absolute atomic E-state index is 13.6. The summed E-state index contributed by atoms with van der Waals surface area (Å²) in [5.41, 5.74) is 5.02. The molecule has 40 heavy (non-hydrogen) atoms. The number of nitrogens with one attached hydrogen (secondary N) is 1. The first-order valence-corrected chi connectivity index (χ1v) is 13.7. The number of unbranched alkanes of at least 4 members (excludes halogenated alkanes) is 2. The van der Waals surface area contributed by atoms with Crippen molar-refractivity contribution in [2.24, 2.45) is 11.8 Å². The lowest BCUT2D eigenvalue weighted by atomic mass is 9.55. The van der Waals surface area contributed by atoms with Gasteiger partial charge in [0.1, 0.15) is 5.82 Å². The van der Waals surface area contributed by atoms with Gasteiger partial charge >= 0.3 is 5.97 Å². The van der Waals surface area contributed by atoms with Crippen LogP contribution in [0.2, 0.25) is 0 Å². The number of nitrogens with zero attached hydrogens (tertiary/aromatic N) is 1. The summed E-state index contributed by atoms with van der Waals surface area (Å²) in [5.74, 6) is -2.59. The monoisotopic (exact) mass is 540 g/mol. The number of esters is 1. The lowest BCUT2D eigenvalue weighted by molar-refractivity contribution is -0.147. The van der Waals surface area contributed by atoms with Gasteiger partial charge in [-0.1, -0.05) is 55.0 Å². The van der Waals surface area contributed by atoms with Crippen molar-refractivity contribution in [3.63, 3.8) is 0 Å². The number of ether oxygens (including phenoxy) is 1. The highest BCUT2D eigenvalue weighted by Gasteiger charge is 2.61. The minimum Gasteiger partial charge on any atom is -0.456 e. The molecular formula is C32H29FN2O5. The molecule has 3 amide bonds. The largest absolute Gasteiger partial charge is 0.456 e. The Morgan fingerprint density at radius 1 is 0.750 bits per heavy atom. The Morgan fingerprint density at radius 3 is 1.80 bits per heavy atom. The smallest absolute Gasteiger partial charge is 0.306 e. The molecule has 4 aliphatic rings. The maximum atomic E-state index is 13.6. The van der Waals surface area contributed by atoms with Crippen molar-refractivity contribution in [1.82, 2.24) is 4.90 Å². The lowest BCUT2D eigenvalue weighted by Gasteiger charge is -2.45. The third-order valence-electron chi connectivity index (χ3n) is 8.29. The molecule has 2 atom stereocenters. The van der Waals surface area contributed by atoms with Crippen LogP contribution >= 0.6 is 0 Å². The second-order valence-corrected chi connectivity index (χ2v) is 10.6. The molecule has 1 aliphatic heterocycles. The Kier molecular flexibility index (Phi) is 6.92. The first-order chi connectivity index (χ1) is 19.4. The van der Waals surface area contributed by atoms with Gasteiger partial charge in [0.15, 0.2) is 6.61 Å². The normalized spacial score (nSPS) is 22.0. The van der Waals surface area contributed by atoms with Gasteiger partial charge in [0.2, 0.25) is 11.8 Å². The van der Waals surface area contributed by atoms with Crippen LogP contribution < -0.4 is 5.32 Å². The fourth-order valence-corrected chi connectivity index (χ4v) is 6.62. The van der Waals surface area contributed by atoms with Crippen LogP contribution in [0.25, 0.3) is 0 Å². The van der Waals surface area contributed by atoms with E-state index >= 15 is 0 Å². The second kappa shape index (κ2) is 10.7. The SMILES string of the molecule is O=C(COC(=O)CCCCCN1C(=O)[C@H]2C3c4ccccc4C(c4ccccc43)[C@@H]2C1=O)Nc1ccc(F)cc1. The van der Waals surface area contributed by atoms with Gasteiger partial charge in [-0.25, -0.2) is 4.39 Å². The molecule has 3 aromatic carbocycles. The van der Waals surface area contributed by atoms with Gasteiger partial charge in [-0.15, -0.1) is 0 Å². The Bertz CT molecular complexity index is 1370. The highest BCUT2D eigenvalue weighted by molar-refractivity contribution is 6.07. The van der Waals surface area contributed by atoms with Crippen molar-refractivity contribution in [2.45, 2.75) is 37.5 Å². The van der Waals surface area contributed by atoms with Crippen molar-refractivity contribution in [3.8, 4) is 0 Å². The van der Waals surface area contributed by atoms with Gasteiger partial charge < -0.3 is 10.1 Å². The highest BCUT2D eigenvalue weighted by atomic mass is 19.1. The summed E-state index contributed by atoms with van der Waals surface area (Å²) in [5, 5.41) is 2.53. The first kappa shape index (κ1) is 25.9. The van der Waals surface area contributed by atoms with Gasteiger partial charge in [-0.2, -0.15) is 0 Å². The average Bonchev–Trinajstić information content (AvgIpc) is 3.22. The molecule has 7 rings (SSSR count). The lowest BCUT2D eigenvalue weighted by Crippen LogP contribution is -2.41. The van der Waals surface area contributed by atoms with Gasteiger partial charge in [0.25, 0.3) is 5.91 Å². The van der Waals surface area contributed by atoms with Crippen LogP contribution in [0.4, 0.5) is 10.1 Å². The van der Waals surface area contributed by atoms with E-state index in [0.717, 1.165) is 22.3 Å². The Hall–Kier alpha value is -4.33. The van der Waals surface area contributed by atoms with Gasteiger partial charge in [0.05, 0.1) is 11.8 Å². The summed E-state index contributed by atoms with van der Waals surface area (Å²) in [6.07, 6.45) is 1.87. The molecule has 0 unspecified atom stereocenters. The molecule has 1 saturated heterocycles. The number of rotatable bonds is 9. The van der Waals surface area contributed by atoms with Crippen molar-refractivity contribution < 1.29 is 28.3 Å². The van der Waals surface area contributed by atoms with E-state index in [1.54, 1.807) is 0 Å². The number of hydrogen-bond donors (Lipinski definition) is 1. The van der Waals surface area contributed by atoms with Crippen LogP contribution in [-0.4, -0.2) is 41.7 Å². The summed E-state index contributed by atoms with van der Waals surface area (Å²) >= 11 is 0. The molecule has 7 nitrogen and oxygen atoms in total. The molecule has 0 saturated carbocycles. The Morgan fingerprint density at radius 2 is 1.27 bits per heavy atom. The Labute approximate surface area is 231 Å². The van der Waals surface area contributed by atoms with Crippen LogP contribution in [0, 0.1) is 17.7 Å². The number of carbonyl (C=O) groups excluding carboxylic acids is 4. The van der Waals surface area contributed by atoms with Crippen molar-refractivity contribution >= 4 is 29.4 Å². The molecule has 0 spiro atoms. The number of likely N-dealkylation sites (tertiary alicyclic amines) is 1. The van der Waals surface area contributed by atoms with Crippen LogP contribution in [-0.2, 0) is 23.9 Å². The summed E-state index contributed by atoms with van der Waals surface area (Å²) < 4.78 is 18.0. The number of anilines is 1. The molecular weight excluding hydrogens is 511 g/mol. The zero-order valence-corrected chi connectivity index (χ0v) is 21.8. The first-order valence-electron chi connectivity index (χ1n) is 13.7. The molecule has 1 heterocycles. The third kappa shape index (κ3) is 4.57. The number of benzene rings is 3. The van der Waals surface area contributed by atoms with Crippen LogP contribution in [0.3, 0.4) is 0 Å². The standard InChI is InChI=1S/C32H29FN2O5/c33-19-13-15-20(16-14-19)34-25(36)18-40-26(37)12-2-1-7-17-35-31(38)29-27-21-8-3-4-9-22(21)28(30(29)32(35)39)24-11-6-5-10-23(24)27/h3-6,8-11,13-16,27-30H,1-2,7,12,17-18H2,(H,34,36)/t27?,28?,29-,30-/m0/s1. The predicted molar refractivity (Wildman–Crippen MR) is 145 cm³/mol. The fourth-order valence-electron chi connectivity index (χ4n) is 6.62. The minimum atomic E-state index is -0.509. The van der Waals surface area contributed by atoms with E-state index in [4.69, 9.17) is 4.74 Å². The molecule has 0 radical (unpaired) electrons. The molecule has 3 aromatic rings. The van der Waals surface area contributed by atoms with Gasteiger partial charge in [0, 0.05) is 30.5 Å². The zero-order chi connectivity index (χ0) is 27.8. The summed E-state index contributed by atoms with van der Waals surface area (Å²) in [4.78, 5) is 52.6.